The van der Waals surface area contributed by atoms with Gasteiger partial charge >= 0.3 is 0 Å². The summed E-state index contributed by atoms with van der Waals surface area (Å²) in [6.07, 6.45) is 1.87. The van der Waals surface area contributed by atoms with Crippen molar-refractivity contribution in [3.8, 4) is 21.7 Å². The number of aromatic nitrogens is 2. The van der Waals surface area contributed by atoms with Crippen LogP contribution in [0.25, 0.3) is 32.6 Å². The van der Waals surface area contributed by atoms with Crippen LogP contribution in [0.2, 0.25) is 0 Å². The molecule has 4 heterocycles. The predicted molar refractivity (Wildman–Crippen MR) is 150 cm³/mol. The molecular weight excluding hydrogens is 480 g/mol. The minimum atomic E-state index is -0.0382. The van der Waals surface area contributed by atoms with Gasteiger partial charge in [-0.15, -0.1) is 11.3 Å². The number of fused-ring (bicyclic) bond motifs is 1. The number of nitrogens with one attached hydrogen (secondary N) is 1. The van der Waals surface area contributed by atoms with E-state index in [2.05, 4.69) is 79.7 Å². The lowest BCUT2D eigenvalue weighted by molar-refractivity contribution is -0.121. The fourth-order valence-corrected chi connectivity index (χ4v) is 5.53. The van der Waals surface area contributed by atoms with Gasteiger partial charge in [0.05, 0.1) is 36.0 Å². The molecule has 1 amide bonds. The average molecular weight is 509 g/mol. The second-order valence-electron chi connectivity index (χ2n) is 9.11. The van der Waals surface area contributed by atoms with Gasteiger partial charge in [0.1, 0.15) is 6.54 Å². The molecule has 0 aliphatic carbocycles. The molecule has 5 aromatic rings. The van der Waals surface area contributed by atoms with E-state index in [1.807, 2.05) is 30.5 Å². The van der Waals surface area contributed by atoms with Gasteiger partial charge in [-0.25, -0.2) is 0 Å². The van der Waals surface area contributed by atoms with E-state index in [0.717, 1.165) is 64.6 Å². The summed E-state index contributed by atoms with van der Waals surface area (Å²) in [4.78, 5) is 21.0. The number of amides is 1. The summed E-state index contributed by atoms with van der Waals surface area (Å²) < 4.78 is 7.54. The SMILES string of the molecule is O=C(Cn1c(-c2cccs2)cc2ccccc21)NCc1ccc(-c2ccc(N3CCOCC3)cc2)cn1. The summed E-state index contributed by atoms with van der Waals surface area (Å²) in [6, 6.07) is 27.1. The number of para-hydroxylation sites is 1. The van der Waals surface area contributed by atoms with Crippen molar-refractivity contribution in [3.63, 3.8) is 0 Å². The van der Waals surface area contributed by atoms with Crippen LogP contribution in [0.4, 0.5) is 5.69 Å². The normalized spacial score (nSPS) is 13.7. The molecule has 6 nitrogen and oxygen atoms in total. The van der Waals surface area contributed by atoms with Crippen LogP contribution in [0.1, 0.15) is 5.69 Å². The molecule has 6 rings (SSSR count). The highest BCUT2D eigenvalue weighted by atomic mass is 32.1. The van der Waals surface area contributed by atoms with E-state index < -0.39 is 0 Å². The number of rotatable bonds is 7. The van der Waals surface area contributed by atoms with E-state index in [-0.39, 0.29) is 12.5 Å². The molecular formula is C30H28N4O2S. The number of carbonyl (C=O) groups is 1. The lowest BCUT2D eigenvalue weighted by atomic mass is 10.1. The zero-order valence-corrected chi connectivity index (χ0v) is 21.3. The lowest BCUT2D eigenvalue weighted by Crippen LogP contribution is -2.36. The van der Waals surface area contributed by atoms with Gasteiger partial charge in [0.15, 0.2) is 0 Å². The predicted octanol–water partition coefficient (Wildman–Crippen LogP) is 5.58. The third-order valence-electron chi connectivity index (χ3n) is 6.75. The molecule has 186 valence electrons. The Morgan fingerprint density at radius 3 is 2.51 bits per heavy atom. The second-order valence-corrected chi connectivity index (χ2v) is 10.1. The van der Waals surface area contributed by atoms with Crippen molar-refractivity contribution in [2.75, 3.05) is 31.2 Å². The molecule has 2 aromatic carbocycles. The van der Waals surface area contributed by atoms with Crippen molar-refractivity contribution in [1.82, 2.24) is 14.9 Å². The molecule has 0 unspecified atom stereocenters. The Bertz CT molecular complexity index is 1490. The van der Waals surface area contributed by atoms with Crippen molar-refractivity contribution in [2.24, 2.45) is 0 Å². The molecule has 1 fully saturated rings. The van der Waals surface area contributed by atoms with Crippen molar-refractivity contribution >= 4 is 33.8 Å². The lowest BCUT2D eigenvalue weighted by Gasteiger charge is -2.28. The third kappa shape index (κ3) is 5.14. The van der Waals surface area contributed by atoms with Crippen LogP contribution >= 0.6 is 11.3 Å². The van der Waals surface area contributed by atoms with Crippen LogP contribution in [0.3, 0.4) is 0 Å². The number of hydrogen-bond acceptors (Lipinski definition) is 5. The van der Waals surface area contributed by atoms with E-state index in [1.54, 1.807) is 11.3 Å². The summed E-state index contributed by atoms with van der Waals surface area (Å²) in [5, 5.41) is 6.24. The number of carbonyl (C=O) groups excluding carboxylic acids is 1. The van der Waals surface area contributed by atoms with Crippen LogP contribution in [0.5, 0.6) is 0 Å². The van der Waals surface area contributed by atoms with Crippen LogP contribution in [-0.4, -0.2) is 41.8 Å². The Morgan fingerprint density at radius 1 is 0.946 bits per heavy atom. The molecule has 0 spiro atoms. The minimum Gasteiger partial charge on any atom is -0.378 e. The maximum absolute atomic E-state index is 12.9. The number of pyridine rings is 1. The molecule has 3 aromatic heterocycles. The third-order valence-corrected chi connectivity index (χ3v) is 7.65. The smallest absolute Gasteiger partial charge is 0.240 e. The Hall–Kier alpha value is -3.94. The van der Waals surface area contributed by atoms with Crippen LogP contribution in [0, 0.1) is 0 Å². The van der Waals surface area contributed by atoms with Crippen LogP contribution in [-0.2, 0) is 22.6 Å². The average Bonchev–Trinajstić information content (AvgIpc) is 3.61. The molecule has 0 bridgehead atoms. The largest absolute Gasteiger partial charge is 0.378 e. The van der Waals surface area contributed by atoms with Gasteiger partial charge in [-0.05, 0) is 47.3 Å². The van der Waals surface area contributed by atoms with E-state index in [4.69, 9.17) is 4.74 Å². The maximum Gasteiger partial charge on any atom is 0.240 e. The van der Waals surface area contributed by atoms with E-state index in [0.29, 0.717) is 6.54 Å². The molecule has 1 aliphatic heterocycles. The first-order valence-electron chi connectivity index (χ1n) is 12.5. The first kappa shape index (κ1) is 23.5. The molecule has 7 heteroatoms. The van der Waals surface area contributed by atoms with E-state index in [9.17, 15) is 4.79 Å². The van der Waals surface area contributed by atoms with Gasteiger partial charge in [-0.3, -0.25) is 9.78 Å². The van der Waals surface area contributed by atoms with Gasteiger partial charge in [-0.2, -0.15) is 0 Å². The number of thiophene rings is 1. The summed E-state index contributed by atoms with van der Waals surface area (Å²) in [6.45, 7) is 4.06. The first-order chi connectivity index (χ1) is 18.2. The summed E-state index contributed by atoms with van der Waals surface area (Å²) in [5.41, 5.74) is 6.36. The number of morpholine rings is 1. The maximum atomic E-state index is 12.9. The van der Waals surface area contributed by atoms with Crippen LogP contribution in [0.15, 0.2) is 90.4 Å². The van der Waals surface area contributed by atoms with Crippen molar-refractivity contribution in [1.29, 1.82) is 0 Å². The zero-order chi connectivity index (χ0) is 25.0. The Labute approximate surface area is 220 Å². The zero-order valence-electron chi connectivity index (χ0n) is 20.5. The molecule has 1 N–H and O–H groups in total. The number of ether oxygens (including phenoxy) is 1. The van der Waals surface area contributed by atoms with Crippen LogP contribution < -0.4 is 10.2 Å². The minimum absolute atomic E-state index is 0.0382. The highest BCUT2D eigenvalue weighted by Crippen LogP contribution is 2.31. The summed E-state index contributed by atoms with van der Waals surface area (Å²) >= 11 is 1.68. The van der Waals surface area contributed by atoms with Crippen molar-refractivity contribution < 1.29 is 9.53 Å². The van der Waals surface area contributed by atoms with Gasteiger partial charge in [0.25, 0.3) is 0 Å². The molecule has 0 radical (unpaired) electrons. The van der Waals surface area contributed by atoms with Gasteiger partial charge in [-0.1, -0.05) is 42.5 Å². The van der Waals surface area contributed by atoms with Gasteiger partial charge in [0.2, 0.25) is 5.91 Å². The topological polar surface area (TPSA) is 59.4 Å². The van der Waals surface area contributed by atoms with Crippen molar-refractivity contribution in [2.45, 2.75) is 13.1 Å². The van der Waals surface area contributed by atoms with Gasteiger partial charge < -0.3 is 19.5 Å². The second kappa shape index (κ2) is 10.6. The number of hydrogen-bond donors (Lipinski definition) is 1. The first-order valence-corrected chi connectivity index (χ1v) is 13.4. The van der Waals surface area contributed by atoms with E-state index in [1.165, 1.54) is 5.69 Å². The highest BCUT2D eigenvalue weighted by Gasteiger charge is 2.15. The number of benzene rings is 2. The fourth-order valence-electron chi connectivity index (χ4n) is 4.78. The van der Waals surface area contributed by atoms with Crippen molar-refractivity contribution in [3.05, 3.63) is 96.1 Å². The molecule has 1 aliphatic rings. The fraction of sp³-hybridized carbons (Fsp3) is 0.200. The summed E-state index contributed by atoms with van der Waals surface area (Å²) in [5.74, 6) is -0.0382. The van der Waals surface area contributed by atoms with E-state index >= 15 is 0 Å². The number of nitrogens with zero attached hydrogens (tertiary/aromatic N) is 3. The molecule has 0 atom stereocenters. The van der Waals surface area contributed by atoms with Gasteiger partial charge in [0, 0.05) is 41.4 Å². The molecule has 37 heavy (non-hydrogen) atoms. The monoisotopic (exact) mass is 508 g/mol. The molecule has 1 saturated heterocycles. The molecule has 0 saturated carbocycles. The Kier molecular flexibility index (Phi) is 6.71. The summed E-state index contributed by atoms with van der Waals surface area (Å²) in [7, 11) is 0. The number of anilines is 1. The standard InChI is InChI=1S/C30H28N4O2S/c35-30(21-34-27-5-2-1-4-23(27)18-28(34)29-6-3-17-37-29)32-20-25-10-7-24(19-31-25)22-8-11-26(12-9-22)33-13-15-36-16-14-33/h1-12,17-19H,13-16,20-21H2,(H,32,35). The Morgan fingerprint density at radius 2 is 1.76 bits per heavy atom. The highest BCUT2D eigenvalue weighted by molar-refractivity contribution is 7.13. The quantitative estimate of drug-likeness (QED) is 0.312. The Balaban J connectivity index is 1.10.